The van der Waals surface area contributed by atoms with Gasteiger partial charge in [0, 0.05) is 19.7 Å². The molecule has 0 aliphatic heterocycles. The molecule has 0 aromatic carbocycles. The minimum atomic E-state index is -3.33. The summed E-state index contributed by atoms with van der Waals surface area (Å²) in [5.74, 6) is 0.346. The number of rotatable bonds is 4. The maximum atomic E-state index is 12.3. The fraction of sp³-hybridized carbons (Fsp3) is 0.667. The van der Waals surface area contributed by atoms with Crippen LogP contribution < -0.4 is 0 Å². The van der Waals surface area contributed by atoms with Gasteiger partial charge in [0.25, 0.3) is 10.0 Å². The molecule has 0 spiro atoms. The first kappa shape index (κ1) is 14.0. The highest BCUT2D eigenvalue weighted by Crippen LogP contribution is 2.30. The molecular formula is C12H19NO3S2. The molecule has 1 fully saturated rings. The van der Waals surface area contributed by atoms with E-state index in [1.54, 1.807) is 24.6 Å². The Kier molecular flexibility index (Phi) is 4.42. The summed E-state index contributed by atoms with van der Waals surface area (Å²) < 4.78 is 26.6. The van der Waals surface area contributed by atoms with E-state index < -0.39 is 10.0 Å². The number of aliphatic hydroxyl groups is 1. The Morgan fingerprint density at radius 3 is 2.56 bits per heavy atom. The molecule has 1 aliphatic rings. The molecular weight excluding hydrogens is 270 g/mol. The van der Waals surface area contributed by atoms with Gasteiger partial charge in [-0.15, -0.1) is 11.3 Å². The van der Waals surface area contributed by atoms with Gasteiger partial charge < -0.3 is 5.11 Å². The lowest BCUT2D eigenvalue weighted by molar-refractivity contribution is 0.159. The van der Waals surface area contributed by atoms with Crippen LogP contribution in [0.3, 0.4) is 0 Å². The van der Waals surface area contributed by atoms with Crippen LogP contribution >= 0.6 is 11.3 Å². The molecule has 0 saturated heterocycles. The lowest BCUT2D eigenvalue weighted by atomic mass is 9.87. The van der Waals surface area contributed by atoms with E-state index in [1.165, 1.54) is 15.6 Å². The van der Waals surface area contributed by atoms with Crippen LogP contribution in [0.4, 0.5) is 0 Å². The summed E-state index contributed by atoms with van der Waals surface area (Å²) in [6.45, 7) is 0.216. The molecule has 18 heavy (non-hydrogen) atoms. The lowest BCUT2D eigenvalue weighted by Gasteiger charge is -2.33. The first-order valence-corrected chi connectivity index (χ1v) is 8.50. The van der Waals surface area contributed by atoms with E-state index in [0.717, 1.165) is 25.7 Å². The maximum Gasteiger partial charge on any atom is 0.252 e. The van der Waals surface area contributed by atoms with Crippen molar-refractivity contribution in [2.75, 3.05) is 13.7 Å². The molecule has 4 nitrogen and oxygen atoms in total. The molecule has 1 aromatic rings. The third-order valence-electron chi connectivity index (χ3n) is 3.72. The Labute approximate surface area is 112 Å². The van der Waals surface area contributed by atoms with Gasteiger partial charge in [-0.2, -0.15) is 4.31 Å². The zero-order valence-electron chi connectivity index (χ0n) is 10.4. The molecule has 0 bridgehead atoms. The first-order valence-electron chi connectivity index (χ1n) is 6.18. The summed E-state index contributed by atoms with van der Waals surface area (Å²) in [6, 6.07) is 3.48. The van der Waals surface area contributed by atoms with Crippen LogP contribution in [0.5, 0.6) is 0 Å². The van der Waals surface area contributed by atoms with E-state index in [0.29, 0.717) is 10.1 Å². The van der Waals surface area contributed by atoms with Crippen molar-refractivity contribution < 1.29 is 13.5 Å². The quantitative estimate of drug-likeness (QED) is 0.921. The van der Waals surface area contributed by atoms with Crippen molar-refractivity contribution in [1.82, 2.24) is 4.31 Å². The van der Waals surface area contributed by atoms with Crippen molar-refractivity contribution in [3.63, 3.8) is 0 Å². The molecule has 1 heterocycles. The van der Waals surface area contributed by atoms with Gasteiger partial charge in [0.05, 0.1) is 0 Å². The molecule has 0 amide bonds. The highest BCUT2D eigenvalue weighted by Gasteiger charge is 2.31. The van der Waals surface area contributed by atoms with Gasteiger partial charge in [-0.1, -0.05) is 6.07 Å². The number of aliphatic hydroxyl groups excluding tert-OH is 1. The summed E-state index contributed by atoms with van der Waals surface area (Å²) in [4.78, 5) is 0. The monoisotopic (exact) mass is 289 g/mol. The first-order chi connectivity index (χ1) is 8.55. The van der Waals surface area contributed by atoms with Crippen LogP contribution in [0, 0.1) is 5.92 Å². The Morgan fingerprint density at radius 2 is 2.06 bits per heavy atom. The predicted molar refractivity (Wildman–Crippen MR) is 72.1 cm³/mol. The molecule has 1 aliphatic carbocycles. The molecule has 0 atom stereocenters. The number of nitrogens with zero attached hydrogens (tertiary/aromatic N) is 1. The van der Waals surface area contributed by atoms with E-state index in [4.69, 9.17) is 5.11 Å². The minimum absolute atomic E-state index is 0.0694. The lowest BCUT2D eigenvalue weighted by Crippen LogP contribution is -2.39. The molecule has 0 radical (unpaired) electrons. The van der Waals surface area contributed by atoms with Crippen molar-refractivity contribution in [1.29, 1.82) is 0 Å². The Hall–Kier alpha value is -0.430. The molecule has 1 aromatic heterocycles. The highest BCUT2D eigenvalue weighted by atomic mass is 32.2. The van der Waals surface area contributed by atoms with Crippen molar-refractivity contribution in [3.05, 3.63) is 17.5 Å². The zero-order chi connectivity index (χ0) is 13.2. The van der Waals surface area contributed by atoms with Crippen LogP contribution in [0.25, 0.3) is 0 Å². The van der Waals surface area contributed by atoms with Crippen LogP contribution in [-0.4, -0.2) is 37.5 Å². The molecule has 1 N–H and O–H groups in total. The Balaban J connectivity index is 2.06. The predicted octanol–water partition coefficient (Wildman–Crippen LogP) is 1.92. The average molecular weight is 289 g/mol. The molecule has 2 rings (SSSR count). The van der Waals surface area contributed by atoms with Gasteiger partial charge in [-0.25, -0.2) is 8.42 Å². The second-order valence-corrected chi connectivity index (χ2v) is 7.98. The molecule has 0 unspecified atom stereocenters. The topological polar surface area (TPSA) is 57.6 Å². The van der Waals surface area contributed by atoms with Crippen molar-refractivity contribution in [2.45, 2.75) is 35.9 Å². The third kappa shape index (κ3) is 2.77. The molecule has 102 valence electrons. The second-order valence-electron chi connectivity index (χ2n) is 4.81. The summed E-state index contributed by atoms with van der Waals surface area (Å²) in [7, 11) is -1.66. The fourth-order valence-electron chi connectivity index (χ4n) is 2.44. The fourth-order valence-corrected chi connectivity index (χ4v) is 5.03. The van der Waals surface area contributed by atoms with Crippen LogP contribution in [0.1, 0.15) is 25.7 Å². The highest BCUT2D eigenvalue weighted by molar-refractivity contribution is 7.91. The smallest absolute Gasteiger partial charge is 0.252 e. The number of sulfonamides is 1. The average Bonchev–Trinajstić information content (AvgIpc) is 2.92. The van der Waals surface area contributed by atoms with Gasteiger partial charge in [-0.05, 0) is 43.0 Å². The Bertz CT molecular complexity index is 462. The Morgan fingerprint density at radius 1 is 1.39 bits per heavy atom. The van der Waals surface area contributed by atoms with E-state index in [9.17, 15) is 8.42 Å². The van der Waals surface area contributed by atoms with Crippen LogP contribution in [-0.2, 0) is 10.0 Å². The number of thiophene rings is 1. The second kappa shape index (κ2) is 5.69. The van der Waals surface area contributed by atoms with Crippen molar-refractivity contribution in [2.24, 2.45) is 5.92 Å². The van der Waals surface area contributed by atoms with E-state index >= 15 is 0 Å². The van der Waals surface area contributed by atoms with E-state index in [-0.39, 0.29) is 12.6 Å². The molecule has 1 saturated carbocycles. The van der Waals surface area contributed by atoms with Crippen molar-refractivity contribution >= 4 is 21.4 Å². The standard InChI is InChI=1S/C12H19NO3S2/c1-13(11-6-4-10(9-14)5-7-11)18(15,16)12-3-2-8-17-12/h2-3,8,10-11,14H,4-7,9H2,1H3. The number of hydrogen-bond acceptors (Lipinski definition) is 4. The van der Waals surface area contributed by atoms with Gasteiger partial charge >= 0.3 is 0 Å². The maximum absolute atomic E-state index is 12.3. The van der Waals surface area contributed by atoms with Gasteiger partial charge in [0.2, 0.25) is 0 Å². The molecule has 6 heteroatoms. The largest absolute Gasteiger partial charge is 0.396 e. The van der Waals surface area contributed by atoms with Crippen LogP contribution in [0.15, 0.2) is 21.7 Å². The van der Waals surface area contributed by atoms with Gasteiger partial charge in [0.15, 0.2) is 0 Å². The van der Waals surface area contributed by atoms with E-state index in [1.807, 2.05) is 0 Å². The summed E-state index contributed by atoms with van der Waals surface area (Å²) in [5, 5.41) is 10.9. The number of hydrogen-bond donors (Lipinski definition) is 1. The van der Waals surface area contributed by atoms with Crippen molar-refractivity contribution in [3.8, 4) is 0 Å². The minimum Gasteiger partial charge on any atom is -0.396 e. The summed E-state index contributed by atoms with van der Waals surface area (Å²) in [5.41, 5.74) is 0. The zero-order valence-corrected chi connectivity index (χ0v) is 12.1. The van der Waals surface area contributed by atoms with E-state index in [2.05, 4.69) is 0 Å². The summed E-state index contributed by atoms with van der Waals surface area (Å²) >= 11 is 1.26. The summed E-state index contributed by atoms with van der Waals surface area (Å²) in [6.07, 6.45) is 3.50. The normalized spacial score (nSPS) is 25.5. The SMILES string of the molecule is CN(C1CCC(CO)CC1)S(=O)(=O)c1cccs1. The third-order valence-corrected chi connectivity index (χ3v) is 7.00. The van der Waals surface area contributed by atoms with Gasteiger partial charge in [0.1, 0.15) is 4.21 Å². The van der Waals surface area contributed by atoms with Gasteiger partial charge in [-0.3, -0.25) is 0 Å². The van der Waals surface area contributed by atoms with Crippen LogP contribution in [0.2, 0.25) is 0 Å².